The lowest BCUT2D eigenvalue weighted by Crippen LogP contribution is -2.44. The number of nitrogens with zero attached hydrogens (tertiary/aromatic N) is 2. The number of piperidine rings is 1. The lowest BCUT2D eigenvalue weighted by molar-refractivity contribution is -0.132. The molecule has 0 aliphatic carbocycles. The highest BCUT2D eigenvalue weighted by molar-refractivity contribution is 5.76. The van der Waals surface area contributed by atoms with Crippen LogP contribution in [-0.4, -0.2) is 63.2 Å². The van der Waals surface area contributed by atoms with Gasteiger partial charge in [-0.3, -0.25) is 4.79 Å². The minimum atomic E-state index is 0.217. The molecule has 0 radical (unpaired) electrons. The number of rotatable bonds is 6. The fourth-order valence-corrected chi connectivity index (χ4v) is 3.05. The number of amides is 1. The Morgan fingerprint density at radius 2 is 1.87 bits per heavy atom. The summed E-state index contributed by atoms with van der Waals surface area (Å²) in [5, 5.41) is 0. The van der Waals surface area contributed by atoms with Crippen LogP contribution in [0.4, 0.5) is 0 Å². The number of carbonyl (C=O) groups excluding carboxylic acids is 1. The van der Waals surface area contributed by atoms with Crippen molar-refractivity contribution in [3.05, 3.63) is 23.8 Å². The number of ether oxygens (including phenoxy) is 2. The standard InChI is InChI=1S/C18H28N2O3/c1-19-11-9-15(10-12-19)20(2)18(21)8-6-14-5-7-16(22-3)17(13-14)23-4/h5,7,13,15H,6,8-12H2,1-4H3. The molecule has 1 fully saturated rings. The van der Waals surface area contributed by atoms with Crippen LogP contribution in [0.1, 0.15) is 24.8 Å². The molecular weight excluding hydrogens is 292 g/mol. The molecule has 5 nitrogen and oxygen atoms in total. The second-order valence-corrected chi connectivity index (χ2v) is 6.23. The van der Waals surface area contributed by atoms with Gasteiger partial charge in [0.15, 0.2) is 11.5 Å². The second-order valence-electron chi connectivity index (χ2n) is 6.23. The Hall–Kier alpha value is -1.75. The van der Waals surface area contributed by atoms with E-state index in [4.69, 9.17) is 9.47 Å². The highest BCUT2D eigenvalue weighted by Gasteiger charge is 2.23. The van der Waals surface area contributed by atoms with Gasteiger partial charge in [0.1, 0.15) is 0 Å². The molecule has 0 N–H and O–H groups in total. The maximum atomic E-state index is 12.4. The largest absolute Gasteiger partial charge is 0.493 e. The molecular formula is C18H28N2O3. The van der Waals surface area contributed by atoms with Crippen molar-refractivity contribution >= 4 is 5.91 Å². The zero-order valence-electron chi connectivity index (χ0n) is 14.7. The van der Waals surface area contributed by atoms with Crippen LogP contribution in [0.3, 0.4) is 0 Å². The molecule has 1 aliphatic rings. The average Bonchev–Trinajstić information content (AvgIpc) is 2.59. The molecule has 0 aromatic heterocycles. The topological polar surface area (TPSA) is 42.0 Å². The number of benzene rings is 1. The van der Waals surface area contributed by atoms with Crippen molar-refractivity contribution in [2.45, 2.75) is 31.7 Å². The van der Waals surface area contributed by atoms with Gasteiger partial charge in [0.05, 0.1) is 14.2 Å². The third kappa shape index (κ3) is 4.61. The molecule has 0 saturated carbocycles. The molecule has 5 heteroatoms. The Labute approximate surface area is 139 Å². The third-order valence-corrected chi connectivity index (χ3v) is 4.70. The summed E-state index contributed by atoms with van der Waals surface area (Å²) in [7, 11) is 7.32. The van der Waals surface area contributed by atoms with E-state index < -0.39 is 0 Å². The van der Waals surface area contributed by atoms with E-state index in [-0.39, 0.29) is 5.91 Å². The van der Waals surface area contributed by atoms with Crippen molar-refractivity contribution in [2.75, 3.05) is 41.4 Å². The molecule has 0 bridgehead atoms. The number of hydrogen-bond donors (Lipinski definition) is 0. The van der Waals surface area contributed by atoms with E-state index in [9.17, 15) is 4.79 Å². The number of likely N-dealkylation sites (tertiary alicyclic amines) is 1. The highest BCUT2D eigenvalue weighted by atomic mass is 16.5. The van der Waals surface area contributed by atoms with Crippen LogP contribution >= 0.6 is 0 Å². The number of hydrogen-bond acceptors (Lipinski definition) is 4. The first-order chi connectivity index (χ1) is 11.0. The Morgan fingerprint density at radius 3 is 2.48 bits per heavy atom. The first-order valence-corrected chi connectivity index (χ1v) is 8.20. The van der Waals surface area contributed by atoms with Gasteiger partial charge >= 0.3 is 0 Å². The zero-order chi connectivity index (χ0) is 16.8. The summed E-state index contributed by atoms with van der Waals surface area (Å²) in [5.41, 5.74) is 1.09. The summed E-state index contributed by atoms with van der Waals surface area (Å²) in [6.45, 7) is 2.13. The van der Waals surface area contributed by atoms with Crippen LogP contribution in [0, 0.1) is 0 Å². The summed E-state index contributed by atoms with van der Waals surface area (Å²) in [5.74, 6) is 1.64. The van der Waals surface area contributed by atoms with Gasteiger partial charge in [-0.15, -0.1) is 0 Å². The molecule has 0 atom stereocenters. The van der Waals surface area contributed by atoms with Gasteiger partial charge in [0.2, 0.25) is 5.91 Å². The summed E-state index contributed by atoms with van der Waals surface area (Å²) < 4.78 is 10.6. The van der Waals surface area contributed by atoms with Gasteiger partial charge in [-0.05, 0) is 57.1 Å². The molecule has 128 valence electrons. The average molecular weight is 320 g/mol. The van der Waals surface area contributed by atoms with E-state index in [1.165, 1.54) is 0 Å². The van der Waals surface area contributed by atoms with Crippen molar-refractivity contribution in [1.82, 2.24) is 9.80 Å². The van der Waals surface area contributed by atoms with Gasteiger partial charge < -0.3 is 19.3 Å². The predicted octanol–water partition coefficient (Wildman–Crippen LogP) is 2.19. The van der Waals surface area contributed by atoms with Gasteiger partial charge in [0.25, 0.3) is 0 Å². The molecule has 1 amide bonds. The van der Waals surface area contributed by atoms with Gasteiger partial charge in [-0.1, -0.05) is 6.07 Å². The van der Waals surface area contributed by atoms with Crippen LogP contribution < -0.4 is 9.47 Å². The molecule has 2 rings (SSSR count). The molecule has 0 unspecified atom stereocenters. The Kier molecular flexibility index (Phi) is 6.28. The Balaban J connectivity index is 1.88. The smallest absolute Gasteiger partial charge is 0.222 e. The minimum Gasteiger partial charge on any atom is -0.493 e. The quantitative estimate of drug-likeness (QED) is 0.806. The van der Waals surface area contributed by atoms with Crippen molar-refractivity contribution < 1.29 is 14.3 Å². The molecule has 1 aromatic carbocycles. The first kappa shape index (κ1) is 17.6. The molecule has 0 spiro atoms. The fraction of sp³-hybridized carbons (Fsp3) is 0.611. The van der Waals surface area contributed by atoms with Crippen molar-refractivity contribution in [2.24, 2.45) is 0 Å². The van der Waals surface area contributed by atoms with Gasteiger partial charge in [0, 0.05) is 19.5 Å². The van der Waals surface area contributed by atoms with Crippen LogP contribution in [0.5, 0.6) is 11.5 Å². The van der Waals surface area contributed by atoms with E-state index in [0.29, 0.717) is 24.0 Å². The van der Waals surface area contributed by atoms with E-state index in [0.717, 1.165) is 37.9 Å². The highest BCUT2D eigenvalue weighted by Crippen LogP contribution is 2.28. The van der Waals surface area contributed by atoms with Crippen LogP contribution in [-0.2, 0) is 11.2 Å². The van der Waals surface area contributed by atoms with Crippen LogP contribution in [0.25, 0.3) is 0 Å². The number of methoxy groups -OCH3 is 2. The second kappa shape index (κ2) is 8.20. The Morgan fingerprint density at radius 1 is 1.22 bits per heavy atom. The number of carbonyl (C=O) groups is 1. The Bertz CT molecular complexity index is 525. The summed E-state index contributed by atoms with van der Waals surface area (Å²) in [6.07, 6.45) is 3.37. The predicted molar refractivity (Wildman–Crippen MR) is 91.2 cm³/mol. The van der Waals surface area contributed by atoms with Crippen molar-refractivity contribution in [3.63, 3.8) is 0 Å². The molecule has 1 heterocycles. The van der Waals surface area contributed by atoms with E-state index in [1.54, 1.807) is 14.2 Å². The van der Waals surface area contributed by atoms with E-state index in [1.807, 2.05) is 30.1 Å². The monoisotopic (exact) mass is 320 g/mol. The SMILES string of the molecule is COc1ccc(CCC(=O)N(C)C2CCN(C)CC2)cc1OC. The van der Waals surface area contributed by atoms with Gasteiger partial charge in [-0.25, -0.2) is 0 Å². The van der Waals surface area contributed by atoms with Crippen molar-refractivity contribution in [1.29, 1.82) is 0 Å². The molecule has 1 aromatic rings. The summed E-state index contributed by atoms with van der Waals surface area (Å²) in [6, 6.07) is 6.20. The normalized spacial score (nSPS) is 16.2. The van der Waals surface area contributed by atoms with Crippen molar-refractivity contribution in [3.8, 4) is 11.5 Å². The van der Waals surface area contributed by atoms with E-state index in [2.05, 4.69) is 11.9 Å². The summed E-state index contributed by atoms with van der Waals surface area (Å²) >= 11 is 0. The summed E-state index contributed by atoms with van der Waals surface area (Å²) in [4.78, 5) is 16.7. The minimum absolute atomic E-state index is 0.217. The molecule has 1 aliphatic heterocycles. The maximum Gasteiger partial charge on any atom is 0.222 e. The zero-order valence-corrected chi connectivity index (χ0v) is 14.7. The number of aryl methyl sites for hydroxylation is 1. The van der Waals surface area contributed by atoms with Gasteiger partial charge in [-0.2, -0.15) is 0 Å². The molecule has 23 heavy (non-hydrogen) atoms. The van der Waals surface area contributed by atoms with E-state index >= 15 is 0 Å². The first-order valence-electron chi connectivity index (χ1n) is 8.20. The van der Waals surface area contributed by atoms with Crippen LogP contribution in [0.15, 0.2) is 18.2 Å². The van der Waals surface area contributed by atoms with Crippen LogP contribution in [0.2, 0.25) is 0 Å². The maximum absolute atomic E-state index is 12.4. The fourth-order valence-electron chi connectivity index (χ4n) is 3.05. The third-order valence-electron chi connectivity index (χ3n) is 4.70. The lowest BCUT2D eigenvalue weighted by Gasteiger charge is -2.35. The lowest BCUT2D eigenvalue weighted by atomic mass is 10.0. The molecule has 1 saturated heterocycles.